The van der Waals surface area contributed by atoms with Crippen molar-refractivity contribution in [3.8, 4) is 11.6 Å². The van der Waals surface area contributed by atoms with E-state index in [9.17, 15) is 21.6 Å². The zero-order valence-corrected chi connectivity index (χ0v) is 24.1. The summed E-state index contributed by atoms with van der Waals surface area (Å²) in [6.07, 6.45) is -2.82. The van der Waals surface area contributed by atoms with Crippen molar-refractivity contribution in [2.24, 2.45) is 5.92 Å². The molecule has 1 aliphatic rings. The van der Waals surface area contributed by atoms with Crippen LogP contribution in [0.25, 0.3) is 11.0 Å². The van der Waals surface area contributed by atoms with Gasteiger partial charge in [0.25, 0.3) is 15.9 Å². The number of piperidine rings is 1. The van der Waals surface area contributed by atoms with Crippen LogP contribution in [0.4, 0.5) is 19.0 Å². The quantitative estimate of drug-likeness (QED) is 0.231. The van der Waals surface area contributed by atoms with Gasteiger partial charge in [-0.05, 0) is 80.9 Å². The molecule has 42 heavy (non-hydrogen) atoms. The predicted octanol–water partition coefficient (Wildman–Crippen LogP) is 6.40. The molecule has 1 aromatic heterocycles. The number of benzene rings is 3. The van der Waals surface area contributed by atoms with Gasteiger partial charge in [-0.2, -0.15) is 13.2 Å². The highest BCUT2D eigenvalue weighted by Crippen LogP contribution is 2.36. The molecule has 0 aliphatic carbocycles. The number of nitrogens with one attached hydrogen (secondary N) is 1. The van der Waals surface area contributed by atoms with Gasteiger partial charge in [-0.1, -0.05) is 41.9 Å². The summed E-state index contributed by atoms with van der Waals surface area (Å²) < 4.78 is 81.1. The van der Waals surface area contributed by atoms with Gasteiger partial charge >= 0.3 is 6.18 Å². The second-order valence-electron chi connectivity index (χ2n) is 10.1. The normalized spacial score (nSPS) is 15.1. The molecule has 13 heteroatoms. The monoisotopic (exact) mass is 620 g/mol. The van der Waals surface area contributed by atoms with Gasteiger partial charge in [-0.3, -0.25) is 4.72 Å². The van der Waals surface area contributed by atoms with E-state index in [1.807, 2.05) is 0 Å². The Morgan fingerprint density at radius 1 is 0.976 bits per heavy atom. The number of hydrogen-bond donors (Lipinski definition) is 1. The lowest BCUT2D eigenvalue weighted by molar-refractivity contribution is -0.139. The fourth-order valence-electron chi connectivity index (χ4n) is 4.60. The third kappa shape index (κ3) is 7.05. The molecule has 1 saturated heterocycles. The molecular formula is C29H28ClF3N4O4S. The van der Waals surface area contributed by atoms with Crippen molar-refractivity contribution < 1.29 is 31.1 Å². The number of alkyl halides is 3. The number of ether oxygens (including phenoxy) is 2. The van der Waals surface area contributed by atoms with Crippen molar-refractivity contribution in [2.45, 2.75) is 30.5 Å². The molecule has 4 aromatic rings. The van der Waals surface area contributed by atoms with Gasteiger partial charge in [-0.15, -0.1) is 0 Å². The van der Waals surface area contributed by atoms with Crippen molar-refractivity contribution in [3.05, 3.63) is 82.9 Å². The predicted molar refractivity (Wildman–Crippen MR) is 153 cm³/mol. The zero-order valence-electron chi connectivity index (χ0n) is 22.6. The average Bonchev–Trinajstić information content (AvgIpc) is 2.96. The molecule has 0 bridgehead atoms. The number of rotatable bonds is 9. The zero-order chi connectivity index (χ0) is 29.9. The number of nitrogens with zero attached hydrogens (tertiary/aromatic N) is 3. The fourth-order valence-corrected chi connectivity index (χ4v) is 6.01. The lowest BCUT2D eigenvalue weighted by atomic mass is 9.98. The standard InChI is InChI=1S/C29H28ClF3N4O4S/c1-37-14-12-19(13-15-37)17-40-25-16-20(10-11-22(25)30)18-41-28-27(34-23-7-3-4-8-24(23)35-28)36-42(38,39)26-9-5-2-6-21(26)29(31,32)33/h2-11,16,19H,12-15,17-18H2,1H3,(H,34,36). The molecule has 222 valence electrons. The van der Waals surface area contributed by atoms with E-state index in [0.29, 0.717) is 46.0 Å². The maximum atomic E-state index is 13.6. The third-order valence-corrected chi connectivity index (χ3v) is 8.64. The molecule has 1 N–H and O–H groups in total. The van der Waals surface area contributed by atoms with E-state index in [1.54, 1.807) is 42.5 Å². The number of aromatic nitrogens is 2. The van der Waals surface area contributed by atoms with E-state index in [2.05, 4.69) is 26.6 Å². The highest BCUT2D eigenvalue weighted by atomic mass is 35.5. The molecule has 0 atom stereocenters. The Hall–Kier alpha value is -3.61. The molecule has 0 radical (unpaired) electrons. The molecule has 1 aliphatic heterocycles. The van der Waals surface area contributed by atoms with Crippen LogP contribution in [0.3, 0.4) is 0 Å². The largest absolute Gasteiger partial charge is 0.492 e. The molecule has 0 amide bonds. The van der Waals surface area contributed by atoms with Crippen molar-refractivity contribution in [3.63, 3.8) is 0 Å². The van der Waals surface area contributed by atoms with Gasteiger partial charge in [0.05, 0.1) is 33.1 Å². The summed E-state index contributed by atoms with van der Waals surface area (Å²) in [5.41, 5.74) is 0.0822. The number of sulfonamides is 1. The Balaban J connectivity index is 1.38. The van der Waals surface area contributed by atoms with Crippen LogP contribution in [-0.2, 0) is 22.8 Å². The molecule has 5 rings (SSSR count). The van der Waals surface area contributed by atoms with Crippen LogP contribution in [-0.4, -0.2) is 50.0 Å². The van der Waals surface area contributed by atoms with Gasteiger partial charge in [-0.25, -0.2) is 18.4 Å². The van der Waals surface area contributed by atoms with Gasteiger partial charge in [0.15, 0.2) is 0 Å². The Kier molecular flexibility index (Phi) is 8.76. The summed E-state index contributed by atoms with van der Waals surface area (Å²) in [7, 11) is -2.64. The summed E-state index contributed by atoms with van der Waals surface area (Å²) in [6, 6.07) is 15.7. The number of hydrogen-bond acceptors (Lipinski definition) is 7. The molecule has 8 nitrogen and oxygen atoms in total. The Morgan fingerprint density at radius 3 is 2.36 bits per heavy atom. The molecule has 3 aromatic carbocycles. The smallest absolute Gasteiger partial charge is 0.417 e. The van der Waals surface area contributed by atoms with Crippen LogP contribution in [0.2, 0.25) is 5.02 Å². The summed E-state index contributed by atoms with van der Waals surface area (Å²) in [6.45, 7) is 2.48. The highest BCUT2D eigenvalue weighted by molar-refractivity contribution is 7.92. The first-order valence-corrected chi connectivity index (χ1v) is 15.0. The molecule has 1 fully saturated rings. The first-order chi connectivity index (χ1) is 20.0. The van der Waals surface area contributed by atoms with Crippen molar-refractivity contribution >= 4 is 38.5 Å². The van der Waals surface area contributed by atoms with E-state index < -0.39 is 26.7 Å². The van der Waals surface area contributed by atoms with E-state index in [1.165, 1.54) is 6.07 Å². The van der Waals surface area contributed by atoms with Crippen LogP contribution in [0, 0.1) is 5.92 Å². The van der Waals surface area contributed by atoms with Gasteiger partial charge < -0.3 is 14.4 Å². The van der Waals surface area contributed by atoms with E-state index in [0.717, 1.165) is 38.1 Å². The van der Waals surface area contributed by atoms with E-state index in [4.69, 9.17) is 21.1 Å². The molecule has 0 unspecified atom stereocenters. The minimum absolute atomic E-state index is 0.0668. The van der Waals surface area contributed by atoms with Crippen molar-refractivity contribution in [2.75, 3.05) is 31.5 Å². The average molecular weight is 621 g/mol. The lowest BCUT2D eigenvalue weighted by Gasteiger charge is -2.28. The summed E-state index contributed by atoms with van der Waals surface area (Å²) in [5.74, 6) is 0.359. The number of anilines is 1. The van der Waals surface area contributed by atoms with Gasteiger partial charge in [0, 0.05) is 0 Å². The Bertz CT molecular complexity index is 1680. The van der Waals surface area contributed by atoms with Crippen LogP contribution < -0.4 is 14.2 Å². The maximum Gasteiger partial charge on any atom is 0.417 e. The van der Waals surface area contributed by atoms with Gasteiger partial charge in [0.2, 0.25) is 5.82 Å². The number of fused-ring (bicyclic) bond motifs is 1. The van der Waals surface area contributed by atoms with Crippen LogP contribution >= 0.6 is 11.6 Å². The van der Waals surface area contributed by atoms with E-state index >= 15 is 0 Å². The summed E-state index contributed by atoms with van der Waals surface area (Å²) in [5, 5.41) is 0.439. The van der Waals surface area contributed by atoms with Crippen molar-refractivity contribution in [1.29, 1.82) is 0 Å². The molecular weight excluding hydrogens is 593 g/mol. The highest BCUT2D eigenvalue weighted by Gasteiger charge is 2.37. The minimum Gasteiger partial charge on any atom is -0.492 e. The second kappa shape index (κ2) is 12.3. The summed E-state index contributed by atoms with van der Waals surface area (Å²) in [4.78, 5) is 10.0. The SMILES string of the molecule is CN1CCC(COc2cc(COc3nc4ccccc4nc3NS(=O)(=O)c3ccccc3C(F)(F)F)ccc2Cl)CC1. The van der Waals surface area contributed by atoms with Crippen LogP contribution in [0.1, 0.15) is 24.0 Å². The fraction of sp³-hybridized carbons (Fsp3) is 0.310. The Labute approximate surface area is 246 Å². The summed E-state index contributed by atoms with van der Waals surface area (Å²) >= 11 is 6.37. The molecule has 0 saturated carbocycles. The third-order valence-electron chi connectivity index (χ3n) is 6.94. The number of halogens is 4. The van der Waals surface area contributed by atoms with Gasteiger partial charge in [0.1, 0.15) is 12.4 Å². The first-order valence-electron chi connectivity index (χ1n) is 13.2. The maximum absolute atomic E-state index is 13.6. The van der Waals surface area contributed by atoms with Crippen LogP contribution in [0.5, 0.6) is 11.6 Å². The van der Waals surface area contributed by atoms with E-state index in [-0.39, 0.29) is 18.3 Å². The minimum atomic E-state index is -4.89. The van der Waals surface area contributed by atoms with Crippen LogP contribution in [0.15, 0.2) is 71.6 Å². The Morgan fingerprint density at radius 2 is 1.64 bits per heavy atom. The topological polar surface area (TPSA) is 93.7 Å². The molecule has 2 heterocycles. The first kappa shape index (κ1) is 29.9. The second-order valence-corrected chi connectivity index (χ2v) is 12.1. The van der Waals surface area contributed by atoms with Crippen molar-refractivity contribution in [1.82, 2.24) is 14.9 Å². The molecule has 0 spiro atoms. The lowest BCUT2D eigenvalue weighted by Crippen LogP contribution is -2.32. The number of likely N-dealkylation sites (tertiary alicyclic amines) is 1. The number of para-hydroxylation sites is 2.